The number of alkyl halides is 2. The van der Waals surface area contributed by atoms with Gasteiger partial charge in [-0.2, -0.15) is 8.78 Å². The number of rotatable bonds is 5. The van der Waals surface area contributed by atoms with Gasteiger partial charge in [0, 0.05) is 6.54 Å². The second kappa shape index (κ2) is 7.40. The topological polar surface area (TPSA) is 73.6 Å². The maximum Gasteiger partial charge on any atom is 0.408 e. The largest absolute Gasteiger partial charge is 0.444 e. The lowest BCUT2D eigenvalue weighted by atomic mass is 10.0. The predicted molar refractivity (Wildman–Crippen MR) is 79.0 cm³/mol. The molecule has 22 heavy (non-hydrogen) atoms. The van der Waals surface area contributed by atoms with Crippen molar-refractivity contribution in [2.45, 2.75) is 45.9 Å². The summed E-state index contributed by atoms with van der Waals surface area (Å²) in [7, 11) is 0. The van der Waals surface area contributed by atoms with Crippen LogP contribution in [0.5, 0.6) is 5.75 Å². The van der Waals surface area contributed by atoms with Crippen molar-refractivity contribution in [3.8, 4) is 5.75 Å². The molecular formula is C15H22F2N2O3. The third kappa shape index (κ3) is 5.85. The second-order valence-electron chi connectivity index (χ2n) is 5.84. The maximum atomic E-state index is 12.4. The zero-order valence-electron chi connectivity index (χ0n) is 13.2. The fourth-order valence-corrected chi connectivity index (χ4v) is 1.78. The molecule has 0 bridgehead atoms. The Labute approximate surface area is 128 Å². The van der Waals surface area contributed by atoms with Crippen LogP contribution in [0.3, 0.4) is 0 Å². The molecule has 124 valence electrons. The molecule has 3 N–H and O–H groups in total. The third-order valence-corrected chi connectivity index (χ3v) is 2.76. The minimum atomic E-state index is -2.91. The van der Waals surface area contributed by atoms with Gasteiger partial charge >= 0.3 is 12.7 Å². The molecule has 1 rings (SSSR count). The van der Waals surface area contributed by atoms with Gasteiger partial charge in [-0.05, 0) is 44.9 Å². The molecule has 0 radical (unpaired) electrons. The van der Waals surface area contributed by atoms with Gasteiger partial charge in [-0.1, -0.05) is 12.1 Å². The summed E-state index contributed by atoms with van der Waals surface area (Å²) in [6.07, 6.45) is -0.625. The standard InChI is InChI=1S/C15H22F2N2O3/c1-9-5-6-10(7-12(9)21-13(16)17)11(8-18)19-14(20)22-15(2,3)4/h5-7,11,13H,8,18H2,1-4H3,(H,19,20). The van der Waals surface area contributed by atoms with Crippen LogP contribution < -0.4 is 15.8 Å². The van der Waals surface area contributed by atoms with Crippen molar-refractivity contribution in [3.63, 3.8) is 0 Å². The first-order valence-corrected chi connectivity index (χ1v) is 6.87. The zero-order chi connectivity index (χ0) is 16.9. The number of aryl methyl sites for hydroxylation is 1. The van der Waals surface area contributed by atoms with Crippen molar-refractivity contribution in [3.05, 3.63) is 29.3 Å². The number of nitrogens with one attached hydrogen (secondary N) is 1. The van der Waals surface area contributed by atoms with Crippen molar-refractivity contribution < 1.29 is 23.0 Å². The number of hydrogen-bond donors (Lipinski definition) is 2. The van der Waals surface area contributed by atoms with Gasteiger partial charge in [0.05, 0.1) is 6.04 Å². The molecule has 0 spiro atoms. The summed E-state index contributed by atoms with van der Waals surface area (Å²) in [5, 5.41) is 2.61. The highest BCUT2D eigenvalue weighted by molar-refractivity contribution is 5.68. The van der Waals surface area contributed by atoms with Gasteiger partial charge in [0.25, 0.3) is 0 Å². The number of ether oxygens (including phenoxy) is 2. The Hall–Kier alpha value is -1.89. The van der Waals surface area contributed by atoms with Crippen LogP contribution in [0.25, 0.3) is 0 Å². The Bertz CT molecular complexity index is 516. The molecule has 0 aliphatic rings. The molecule has 0 saturated heterocycles. The first-order valence-electron chi connectivity index (χ1n) is 6.87. The molecular weight excluding hydrogens is 294 g/mol. The van der Waals surface area contributed by atoms with E-state index in [4.69, 9.17) is 10.5 Å². The summed E-state index contributed by atoms with van der Waals surface area (Å²) < 4.78 is 34.3. The van der Waals surface area contributed by atoms with Gasteiger partial charge in [-0.3, -0.25) is 0 Å². The van der Waals surface area contributed by atoms with Crippen molar-refractivity contribution in [1.29, 1.82) is 0 Å². The maximum absolute atomic E-state index is 12.4. The van der Waals surface area contributed by atoms with Gasteiger partial charge in [0.2, 0.25) is 0 Å². The fraction of sp³-hybridized carbons (Fsp3) is 0.533. The molecule has 0 heterocycles. The predicted octanol–water partition coefficient (Wildman–Crippen LogP) is 3.12. The van der Waals surface area contributed by atoms with Crippen molar-refractivity contribution in [2.24, 2.45) is 5.73 Å². The summed E-state index contributed by atoms with van der Waals surface area (Å²) in [6.45, 7) is 4.06. The van der Waals surface area contributed by atoms with E-state index in [1.807, 2.05) is 0 Å². The molecule has 0 aliphatic heterocycles. The molecule has 0 fully saturated rings. The number of halogens is 2. The third-order valence-electron chi connectivity index (χ3n) is 2.76. The van der Waals surface area contributed by atoms with Crippen molar-refractivity contribution in [2.75, 3.05) is 6.54 Å². The van der Waals surface area contributed by atoms with Gasteiger partial charge in [-0.25, -0.2) is 4.79 Å². The average Bonchev–Trinajstić information content (AvgIpc) is 2.36. The van der Waals surface area contributed by atoms with Crippen LogP contribution in [0.2, 0.25) is 0 Å². The first kappa shape index (κ1) is 18.2. The molecule has 1 atom stereocenters. The second-order valence-corrected chi connectivity index (χ2v) is 5.84. The van der Waals surface area contributed by atoms with E-state index >= 15 is 0 Å². The van der Waals surface area contributed by atoms with Crippen LogP contribution in [-0.4, -0.2) is 24.9 Å². The van der Waals surface area contributed by atoms with Gasteiger partial charge in [0.1, 0.15) is 11.4 Å². The van der Waals surface area contributed by atoms with Crippen molar-refractivity contribution in [1.82, 2.24) is 5.32 Å². The van der Waals surface area contributed by atoms with Gasteiger partial charge in [0.15, 0.2) is 0 Å². The zero-order valence-corrected chi connectivity index (χ0v) is 13.2. The molecule has 1 amide bonds. The summed E-state index contributed by atoms with van der Waals surface area (Å²) in [4.78, 5) is 11.8. The van der Waals surface area contributed by atoms with Crippen LogP contribution in [-0.2, 0) is 4.74 Å². The highest BCUT2D eigenvalue weighted by Crippen LogP contribution is 2.25. The number of alkyl carbamates (subject to hydrolysis) is 1. The van der Waals surface area contributed by atoms with Crippen LogP contribution >= 0.6 is 0 Å². The molecule has 1 unspecified atom stereocenters. The van der Waals surface area contributed by atoms with E-state index in [1.54, 1.807) is 39.8 Å². The molecule has 0 saturated carbocycles. The Morgan fingerprint density at radius 3 is 2.50 bits per heavy atom. The summed E-state index contributed by atoms with van der Waals surface area (Å²) in [5.74, 6) is 0.0527. The van der Waals surface area contributed by atoms with Crippen LogP contribution in [0, 0.1) is 6.92 Å². The molecule has 1 aromatic carbocycles. The lowest BCUT2D eigenvalue weighted by Gasteiger charge is -2.23. The number of hydrogen-bond acceptors (Lipinski definition) is 4. The van der Waals surface area contributed by atoms with E-state index in [1.165, 1.54) is 6.07 Å². The van der Waals surface area contributed by atoms with Crippen LogP contribution in [0.1, 0.15) is 37.9 Å². The SMILES string of the molecule is Cc1ccc(C(CN)NC(=O)OC(C)(C)C)cc1OC(F)F. The highest BCUT2D eigenvalue weighted by atomic mass is 19.3. The van der Waals surface area contributed by atoms with Gasteiger partial charge in [-0.15, -0.1) is 0 Å². The van der Waals surface area contributed by atoms with Gasteiger partial charge < -0.3 is 20.5 Å². The Morgan fingerprint density at radius 2 is 2.00 bits per heavy atom. The molecule has 0 aliphatic carbocycles. The van der Waals surface area contributed by atoms with E-state index in [0.717, 1.165) is 0 Å². The highest BCUT2D eigenvalue weighted by Gasteiger charge is 2.20. The average molecular weight is 316 g/mol. The number of benzene rings is 1. The minimum Gasteiger partial charge on any atom is -0.444 e. The fourth-order valence-electron chi connectivity index (χ4n) is 1.78. The normalized spacial score (nSPS) is 12.9. The summed E-state index contributed by atoms with van der Waals surface area (Å²) >= 11 is 0. The van der Waals surface area contributed by atoms with E-state index in [9.17, 15) is 13.6 Å². The monoisotopic (exact) mass is 316 g/mol. The molecule has 5 nitrogen and oxygen atoms in total. The van der Waals surface area contributed by atoms with Crippen LogP contribution in [0.15, 0.2) is 18.2 Å². The Kier molecular flexibility index (Phi) is 6.11. The lowest BCUT2D eigenvalue weighted by molar-refractivity contribution is -0.0503. The first-order chi connectivity index (χ1) is 10.1. The smallest absolute Gasteiger partial charge is 0.408 e. The Balaban J connectivity index is 2.88. The number of amides is 1. The molecule has 0 aromatic heterocycles. The number of carbonyl (C=O) groups excluding carboxylic acids is 1. The minimum absolute atomic E-state index is 0.0527. The van der Waals surface area contributed by atoms with E-state index in [0.29, 0.717) is 11.1 Å². The van der Waals surface area contributed by atoms with E-state index in [2.05, 4.69) is 10.1 Å². The summed E-state index contributed by atoms with van der Waals surface area (Å²) in [6, 6.07) is 4.21. The molecule has 1 aromatic rings. The number of nitrogens with two attached hydrogens (primary N) is 1. The molecule has 7 heteroatoms. The van der Waals surface area contributed by atoms with Crippen molar-refractivity contribution >= 4 is 6.09 Å². The van der Waals surface area contributed by atoms with E-state index in [-0.39, 0.29) is 12.3 Å². The number of carbonyl (C=O) groups is 1. The lowest BCUT2D eigenvalue weighted by Crippen LogP contribution is -2.37. The summed E-state index contributed by atoms with van der Waals surface area (Å²) in [5.41, 5.74) is 6.14. The van der Waals surface area contributed by atoms with E-state index < -0.39 is 24.3 Å². The quantitative estimate of drug-likeness (QED) is 0.875. The van der Waals surface area contributed by atoms with Crippen LogP contribution in [0.4, 0.5) is 13.6 Å². The Morgan fingerprint density at radius 1 is 1.36 bits per heavy atom.